The number of carbonyl (C=O) groups is 2. The molecule has 1 atom stereocenters. The van der Waals surface area contributed by atoms with E-state index in [0.29, 0.717) is 12.5 Å². The Bertz CT molecular complexity index is 860. The second kappa shape index (κ2) is 9.54. The molecule has 3 N–H and O–H groups in total. The van der Waals surface area contributed by atoms with Gasteiger partial charge in [-0.25, -0.2) is 4.79 Å². The van der Waals surface area contributed by atoms with Crippen molar-refractivity contribution in [3.05, 3.63) is 36.0 Å². The van der Waals surface area contributed by atoms with Crippen LogP contribution in [0.1, 0.15) is 58.9 Å². The minimum absolute atomic E-state index is 0.0631. The summed E-state index contributed by atoms with van der Waals surface area (Å²) in [6, 6.07) is 8.33. The number of H-pyrrole nitrogens is 1. The maximum atomic E-state index is 12.7. The molecule has 1 fully saturated rings. The molecule has 1 aliphatic carbocycles. The van der Waals surface area contributed by atoms with Gasteiger partial charge in [-0.3, -0.25) is 4.79 Å². The first-order valence-corrected chi connectivity index (χ1v) is 11.0. The quantitative estimate of drug-likeness (QED) is 0.650. The van der Waals surface area contributed by atoms with Crippen LogP contribution in [0.5, 0.6) is 0 Å². The van der Waals surface area contributed by atoms with Crippen molar-refractivity contribution < 1.29 is 14.3 Å². The molecular formula is C24H35N3O3. The smallest absolute Gasteiger partial charge is 0.407 e. The van der Waals surface area contributed by atoms with Gasteiger partial charge >= 0.3 is 6.09 Å². The van der Waals surface area contributed by atoms with Crippen molar-refractivity contribution in [3.8, 4) is 0 Å². The van der Waals surface area contributed by atoms with E-state index in [1.807, 2.05) is 39.1 Å². The van der Waals surface area contributed by atoms with Crippen LogP contribution in [-0.2, 0) is 16.0 Å². The number of ether oxygens (including phenoxy) is 1. The highest BCUT2D eigenvalue weighted by Gasteiger charge is 2.27. The molecule has 0 saturated heterocycles. The first-order chi connectivity index (χ1) is 14.2. The van der Waals surface area contributed by atoms with Crippen LogP contribution in [0.15, 0.2) is 30.5 Å². The zero-order valence-electron chi connectivity index (χ0n) is 18.6. The number of carbonyl (C=O) groups excluding carboxylic acids is 2. The van der Waals surface area contributed by atoms with E-state index in [0.717, 1.165) is 37.6 Å². The summed E-state index contributed by atoms with van der Waals surface area (Å²) in [4.78, 5) is 27.8. The SMILES string of the molecule is C[C@@H](Cc1c[nH]c2ccccc12)NC(=O)C1CCC(CNC(=O)OC(C)(C)C)CC1. The van der Waals surface area contributed by atoms with Crippen LogP contribution in [0.25, 0.3) is 10.9 Å². The summed E-state index contributed by atoms with van der Waals surface area (Å²) >= 11 is 0. The molecule has 2 amide bonds. The summed E-state index contributed by atoms with van der Waals surface area (Å²) in [6.45, 7) is 8.25. The number of nitrogens with one attached hydrogen (secondary N) is 3. The van der Waals surface area contributed by atoms with Crippen LogP contribution in [0, 0.1) is 11.8 Å². The number of fused-ring (bicyclic) bond motifs is 1. The monoisotopic (exact) mass is 413 g/mol. The van der Waals surface area contributed by atoms with Crippen LogP contribution in [0.2, 0.25) is 0 Å². The predicted molar refractivity (Wildman–Crippen MR) is 119 cm³/mol. The van der Waals surface area contributed by atoms with Gasteiger partial charge in [-0.05, 0) is 77.3 Å². The number of aromatic amines is 1. The third kappa shape index (κ3) is 6.25. The lowest BCUT2D eigenvalue weighted by molar-refractivity contribution is -0.126. The van der Waals surface area contributed by atoms with Crippen molar-refractivity contribution in [3.63, 3.8) is 0 Å². The highest BCUT2D eigenvalue weighted by Crippen LogP contribution is 2.29. The highest BCUT2D eigenvalue weighted by molar-refractivity contribution is 5.83. The number of amides is 2. The number of alkyl carbamates (subject to hydrolysis) is 1. The lowest BCUT2D eigenvalue weighted by Gasteiger charge is -2.29. The van der Waals surface area contributed by atoms with Gasteiger partial charge in [0.15, 0.2) is 0 Å². The molecule has 0 radical (unpaired) electrons. The number of hydrogen-bond donors (Lipinski definition) is 3. The topological polar surface area (TPSA) is 83.2 Å². The van der Waals surface area contributed by atoms with Crippen LogP contribution < -0.4 is 10.6 Å². The maximum Gasteiger partial charge on any atom is 0.407 e. The van der Waals surface area contributed by atoms with Crippen molar-refractivity contribution >= 4 is 22.9 Å². The molecule has 0 unspecified atom stereocenters. The number of benzene rings is 1. The van der Waals surface area contributed by atoms with Gasteiger partial charge in [0.25, 0.3) is 0 Å². The molecule has 0 bridgehead atoms. The van der Waals surface area contributed by atoms with E-state index in [1.165, 1.54) is 10.9 Å². The average Bonchev–Trinajstić information content (AvgIpc) is 3.08. The minimum Gasteiger partial charge on any atom is -0.444 e. The van der Waals surface area contributed by atoms with E-state index in [2.05, 4.69) is 34.7 Å². The molecular weight excluding hydrogens is 378 g/mol. The molecule has 1 aromatic heterocycles. The Morgan fingerprint density at radius 2 is 1.87 bits per heavy atom. The molecule has 3 rings (SSSR count). The standard InChI is InChI=1S/C24H35N3O3/c1-16(13-19-15-25-21-8-6-5-7-20(19)21)27-22(28)18-11-9-17(10-12-18)14-26-23(29)30-24(2,3)4/h5-8,15-18,25H,9-14H2,1-4H3,(H,26,29)(H,27,28)/t16-,17?,18?/m0/s1. The Labute approximate surface area is 179 Å². The zero-order valence-corrected chi connectivity index (χ0v) is 18.6. The van der Waals surface area contributed by atoms with Crippen molar-refractivity contribution in [2.75, 3.05) is 6.54 Å². The van der Waals surface area contributed by atoms with E-state index in [1.54, 1.807) is 0 Å². The lowest BCUT2D eigenvalue weighted by atomic mass is 9.81. The van der Waals surface area contributed by atoms with E-state index in [-0.39, 0.29) is 24.0 Å². The first-order valence-electron chi connectivity index (χ1n) is 11.0. The Hall–Kier alpha value is -2.50. The first kappa shape index (κ1) is 22.2. The second-order valence-corrected chi connectivity index (χ2v) is 9.57. The largest absolute Gasteiger partial charge is 0.444 e. The molecule has 6 nitrogen and oxygen atoms in total. The van der Waals surface area contributed by atoms with E-state index >= 15 is 0 Å². The number of rotatable bonds is 6. The Morgan fingerprint density at radius 1 is 1.17 bits per heavy atom. The van der Waals surface area contributed by atoms with Gasteiger partial charge < -0.3 is 20.4 Å². The molecule has 2 aromatic rings. The van der Waals surface area contributed by atoms with Gasteiger partial charge in [-0.2, -0.15) is 0 Å². The molecule has 0 aliphatic heterocycles. The summed E-state index contributed by atoms with van der Waals surface area (Å²) in [6.07, 6.45) is 6.11. The molecule has 0 spiro atoms. The van der Waals surface area contributed by atoms with Crippen molar-refractivity contribution in [2.24, 2.45) is 11.8 Å². The van der Waals surface area contributed by atoms with Crippen LogP contribution >= 0.6 is 0 Å². The molecule has 1 saturated carbocycles. The molecule has 1 aromatic carbocycles. The van der Waals surface area contributed by atoms with Gasteiger partial charge in [0.05, 0.1) is 0 Å². The van der Waals surface area contributed by atoms with Crippen molar-refractivity contribution in [2.45, 2.75) is 71.4 Å². The Kier molecular flexibility index (Phi) is 7.06. The van der Waals surface area contributed by atoms with Gasteiger partial charge in [0, 0.05) is 35.6 Å². The lowest BCUT2D eigenvalue weighted by Crippen LogP contribution is -2.41. The highest BCUT2D eigenvalue weighted by atomic mass is 16.6. The summed E-state index contributed by atoms with van der Waals surface area (Å²) < 4.78 is 5.29. The van der Waals surface area contributed by atoms with Crippen LogP contribution in [-0.4, -0.2) is 35.2 Å². The second-order valence-electron chi connectivity index (χ2n) is 9.57. The number of para-hydroxylation sites is 1. The summed E-state index contributed by atoms with van der Waals surface area (Å²) in [7, 11) is 0. The fourth-order valence-corrected chi connectivity index (χ4v) is 4.21. The molecule has 1 aliphatic rings. The third-order valence-corrected chi connectivity index (χ3v) is 5.74. The zero-order chi connectivity index (χ0) is 21.7. The molecule has 6 heteroatoms. The van der Waals surface area contributed by atoms with Gasteiger partial charge in [0.2, 0.25) is 5.91 Å². The van der Waals surface area contributed by atoms with Gasteiger partial charge in [-0.15, -0.1) is 0 Å². The number of hydrogen-bond acceptors (Lipinski definition) is 3. The van der Waals surface area contributed by atoms with Crippen LogP contribution in [0.4, 0.5) is 4.79 Å². The summed E-state index contributed by atoms with van der Waals surface area (Å²) in [5.74, 6) is 0.624. The molecule has 1 heterocycles. The Balaban J connectivity index is 1.40. The number of aromatic nitrogens is 1. The molecule has 164 valence electrons. The summed E-state index contributed by atoms with van der Waals surface area (Å²) in [5.41, 5.74) is 1.88. The fraction of sp³-hybridized carbons (Fsp3) is 0.583. The normalized spacial score (nSPS) is 20.5. The summed E-state index contributed by atoms with van der Waals surface area (Å²) in [5, 5.41) is 7.28. The van der Waals surface area contributed by atoms with Crippen molar-refractivity contribution in [1.82, 2.24) is 15.6 Å². The van der Waals surface area contributed by atoms with E-state index < -0.39 is 5.60 Å². The predicted octanol–water partition coefficient (Wildman–Crippen LogP) is 4.55. The minimum atomic E-state index is -0.483. The van der Waals surface area contributed by atoms with Gasteiger partial charge in [-0.1, -0.05) is 18.2 Å². The maximum absolute atomic E-state index is 12.7. The Morgan fingerprint density at radius 3 is 2.57 bits per heavy atom. The molecule has 30 heavy (non-hydrogen) atoms. The van der Waals surface area contributed by atoms with E-state index in [9.17, 15) is 9.59 Å². The third-order valence-electron chi connectivity index (χ3n) is 5.74. The van der Waals surface area contributed by atoms with Crippen molar-refractivity contribution in [1.29, 1.82) is 0 Å². The van der Waals surface area contributed by atoms with Gasteiger partial charge in [0.1, 0.15) is 5.60 Å². The average molecular weight is 414 g/mol. The van der Waals surface area contributed by atoms with Crippen LogP contribution in [0.3, 0.4) is 0 Å². The van der Waals surface area contributed by atoms with E-state index in [4.69, 9.17) is 4.74 Å². The fourth-order valence-electron chi connectivity index (χ4n) is 4.21.